The predicted molar refractivity (Wildman–Crippen MR) is 95.9 cm³/mol. The van der Waals surface area contributed by atoms with E-state index in [4.69, 9.17) is 0 Å². The third kappa shape index (κ3) is 5.30. The quantitative estimate of drug-likeness (QED) is 0.809. The van der Waals surface area contributed by atoms with Crippen LogP contribution in [0.15, 0.2) is 34.8 Å². The maximum atomic E-state index is 12.4. The topological polar surface area (TPSA) is 70.2 Å². The number of nitrogens with one attached hydrogen (secondary N) is 2. The highest BCUT2D eigenvalue weighted by Crippen LogP contribution is 2.21. The van der Waals surface area contributed by atoms with Crippen molar-refractivity contribution in [3.8, 4) is 0 Å². The number of nitrogens with zero attached hydrogens (tertiary/aromatic N) is 3. The number of carbonyl (C=O) groups is 1. The van der Waals surface area contributed by atoms with E-state index in [9.17, 15) is 4.79 Å². The van der Waals surface area contributed by atoms with Crippen LogP contribution >= 0.6 is 15.9 Å². The Hall–Kier alpha value is -1.99. The van der Waals surface area contributed by atoms with Crippen LogP contribution in [0.25, 0.3) is 0 Å². The summed E-state index contributed by atoms with van der Waals surface area (Å²) in [5.41, 5.74) is 1.78. The lowest BCUT2D eigenvalue weighted by Crippen LogP contribution is -2.22. The van der Waals surface area contributed by atoms with Crippen LogP contribution in [0.2, 0.25) is 0 Å². The molecule has 0 aliphatic rings. The van der Waals surface area contributed by atoms with Gasteiger partial charge in [0, 0.05) is 23.3 Å². The average molecular weight is 378 g/mol. The number of anilines is 2. The molecule has 7 heteroatoms. The molecule has 23 heavy (non-hydrogen) atoms. The first-order valence-corrected chi connectivity index (χ1v) is 8.05. The third-order valence-electron chi connectivity index (χ3n) is 3.05. The first-order chi connectivity index (χ1) is 11.0. The number of carbonyl (C=O) groups excluding carboxylic acids is 1. The predicted octanol–water partition coefficient (Wildman–Crippen LogP) is 2.77. The van der Waals surface area contributed by atoms with E-state index in [1.165, 1.54) is 0 Å². The molecule has 0 saturated carbocycles. The van der Waals surface area contributed by atoms with Gasteiger partial charge in [-0.25, -0.2) is 9.97 Å². The van der Waals surface area contributed by atoms with Crippen LogP contribution in [-0.2, 0) is 0 Å². The Bertz CT molecular complexity index is 690. The molecule has 2 aromatic rings. The van der Waals surface area contributed by atoms with Crippen molar-refractivity contribution in [2.75, 3.05) is 37.8 Å². The van der Waals surface area contributed by atoms with Gasteiger partial charge in [-0.2, -0.15) is 0 Å². The van der Waals surface area contributed by atoms with E-state index in [1.54, 1.807) is 6.07 Å². The third-order valence-corrected chi connectivity index (χ3v) is 3.74. The number of halogens is 1. The monoisotopic (exact) mass is 377 g/mol. The van der Waals surface area contributed by atoms with E-state index < -0.39 is 0 Å². The lowest BCUT2D eigenvalue weighted by molar-refractivity contribution is 0.102. The molecule has 1 aromatic carbocycles. The van der Waals surface area contributed by atoms with Gasteiger partial charge in [0.25, 0.3) is 5.91 Å². The molecule has 6 nitrogen and oxygen atoms in total. The van der Waals surface area contributed by atoms with Crippen LogP contribution in [0.3, 0.4) is 0 Å². The minimum Gasteiger partial charge on any atom is -0.353 e. The van der Waals surface area contributed by atoms with E-state index >= 15 is 0 Å². The number of aryl methyl sites for hydroxylation is 1. The van der Waals surface area contributed by atoms with Crippen molar-refractivity contribution >= 4 is 33.5 Å². The molecular formula is C16H20BrN5O. The summed E-state index contributed by atoms with van der Waals surface area (Å²) in [6.45, 7) is 3.41. The lowest BCUT2D eigenvalue weighted by Gasteiger charge is -2.12. The number of likely N-dealkylation sites (N-methyl/N-ethyl adjacent to an activating group) is 1. The minimum absolute atomic E-state index is 0.266. The van der Waals surface area contributed by atoms with Crippen molar-refractivity contribution in [1.82, 2.24) is 14.9 Å². The van der Waals surface area contributed by atoms with Crippen molar-refractivity contribution < 1.29 is 4.79 Å². The van der Waals surface area contributed by atoms with Crippen molar-refractivity contribution in [3.05, 3.63) is 46.2 Å². The molecule has 1 amide bonds. The number of rotatable bonds is 6. The van der Waals surface area contributed by atoms with Crippen LogP contribution in [0.1, 0.15) is 16.2 Å². The van der Waals surface area contributed by atoms with Crippen LogP contribution in [-0.4, -0.2) is 48.0 Å². The van der Waals surface area contributed by atoms with Gasteiger partial charge in [-0.05, 0) is 55.1 Å². The van der Waals surface area contributed by atoms with Gasteiger partial charge >= 0.3 is 0 Å². The Morgan fingerprint density at radius 2 is 2.00 bits per heavy atom. The first kappa shape index (κ1) is 17.4. The highest BCUT2D eigenvalue weighted by molar-refractivity contribution is 9.10. The molecular weight excluding hydrogens is 358 g/mol. The van der Waals surface area contributed by atoms with Gasteiger partial charge in [0.05, 0.1) is 5.69 Å². The number of hydrogen-bond donors (Lipinski definition) is 2. The maximum Gasteiger partial charge on any atom is 0.274 e. The number of aromatic nitrogens is 2. The summed E-state index contributed by atoms with van der Waals surface area (Å²) < 4.78 is 0.823. The van der Waals surface area contributed by atoms with Crippen LogP contribution < -0.4 is 10.6 Å². The van der Waals surface area contributed by atoms with Gasteiger partial charge < -0.3 is 15.5 Å². The molecule has 0 spiro atoms. The van der Waals surface area contributed by atoms with Gasteiger partial charge in [0.1, 0.15) is 5.69 Å². The van der Waals surface area contributed by atoms with E-state index in [2.05, 4.69) is 41.4 Å². The summed E-state index contributed by atoms with van der Waals surface area (Å²) in [4.78, 5) is 23.0. The molecule has 0 unspecified atom stereocenters. The summed E-state index contributed by atoms with van der Waals surface area (Å²) in [6, 6.07) is 9.12. The number of hydrogen-bond acceptors (Lipinski definition) is 5. The van der Waals surface area contributed by atoms with Gasteiger partial charge in [-0.3, -0.25) is 4.79 Å². The molecule has 2 rings (SSSR count). The summed E-state index contributed by atoms with van der Waals surface area (Å²) in [7, 11) is 3.99. The Kier molecular flexibility index (Phi) is 6.06. The Balaban J connectivity index is 2.11. The lowest BCUT2D eigenvalue weighted by atomic mass is 10.3. The summed E-state index contributed by atoms with van der Waals surface area (Å²) >= 11 is 3.41. The zero-order chi connectivity index (χ0) is 16.8. The Labute approximate surface area is 144 Å². The Morgan fingerprint density at radius 3 is 2.70 bits per heavy atom. The fourth-order valence-electron chi connectivity index (χ4n) is 1.90. The highest BCUT2D eigenvalue weighted by Gasteiger charge is 2.12. The number of para-hydroxylation sites is 1. The van der Waals surface area contributed by atoms with Crippen LogP contribution in [0.5, 0.6) is 0 Å². The molecule has 2 N–H and O–H groups in total. The molecule has 0 aliphatic heterocycles. The second kappa shape index (κ2) is 8.03. The SMILES string of the molecule is Cc1cc(C(=O)Nc2ccccc2Br)nc(NCCN(C)C)n1. The zero-order valence-electron chi connectivity index (χ0n) is 13.4. The summed E-state index contributed by atoms with van der Waals surface area (Å²) in [6.07, 6.45) is 0. The normalized spacial score (nSPS) is 10.7. The molecule has 0 fully saturated rings. The molecule has 1 heterocycles. The maximum absolute atomic E-state index is 12.4. The molecule has 122 valence electrons. The van der Waals surface area contributed by atoms with Crippen molar-refractivity contribution in [2.24, 2.45) is 0 Å². The Morgan fingerprint density at radius 1 is 1.26 bits per heavy atom. The molecule has 0 bridgehead atoms. The fraction of sp³-hybridized carbons (Fsp3) is 0.312. The number of benzene rings is 1. The van der Waals surface area contributed by atoms with Gasteiger partial charge in [0.15, 0.2) is 0 Å². The van der Waals surface area contributed by atoms with Crippen molar-refractivity contribution in [2.45, 2.75) is 6.92 Å². The zero-order valence-corrected chi connectivity index (χ0v) is 15.0. The van der Waals surface area contributed by atoms with Crippen molar-refractivity contribution in [1.29, 1.82) is 0 Å². The van der Waals surface area contributed by atoms with Crippen molar-refractivity contribution in [3.63, 3.8) is 0 Å². The second-order valence-corrected chi connectivity index (χ2v) is 6.24. The van der Waals surface area contributed by atoms with Gasteiger partial charge in [-0.1, -0.05) is 12.1 Å². The molecule has 0 atom stereocenters. The van der Waals surface area contributed by atoms with E-state index in [1.807, 2.05) is 45.3 Å². The van der Waals surface area contributed by atoms with E-state index in [0.717, 1.165) is 16.7 Å². The average Bonchev–Trinajstić information content (AvgIpc) is 2.48. The second-order valence-electron chi connectivity index (χ2n) is 5.38. The van der Waals surface area contributed by atoms with Gasteiger partial charge in [0.2, 0.25) is 5.95 Å². The molecule has 0 radical (unpaired) electrons. The molecule has 1 aromatic heterocycles. The fourth-order valence-corrected chi connectivity index (χ4v) is 2.29. The standard InChI is InChI=1S/C16H20BrN5O/c1-11-10-14(21-16(19-11)18-8-9-22(2)3)15(23)20-13-7-5-4-6-12(13)17/h4-7,10H,8-9H2,1-3H3,(H,20,23)(H,18,19,21). The van der Waals surface area contributed by atoms with E-state index in [0.29, 0.717) is 23.9 Å². The van der Waals surface area contributed by atoms with E-state index in [-0.39, 0.29) is 5.91 Å². The van der Waals surface area contributed by atoms with Crippen LogP contribution in [0.4, 0.5) is 11.6 Å². The minimum atomic E-state index is -0.266. The van der Waals surface area contributed by atoms with Gasteiger partial charge in [-0.15, -0.1) is 0 Å². The summed E-state index contributed by atoms with van der Waals surface area (Å²) in [5, 5.41) is 5.98. The highest BCUT2D eigenvalue weighted by atomic mass is 79.9. The number of amides is 1. The largest absolute Gasteiger partial charge is 0.353 e. The molecule has 0 saturated heterocycles. The smallest absolute Gasteiger partial charge is 0.274 e. The summed E-state index contributed by atoms with van der Waals surface area (Å²) in [5.74, 6) is 0.196. The first-order valence-electron chi connectivity index (χ1n) is 7.26. The van der Waals surface area contributed by atoms with Crippen LogP contribution in [0, 0.1) is 6.92 Å². The molecule has 0 aliphatic carbocycles.